The van der Waals surface area contributed by atoms with E-state index < -0.39 is 11.0 Å². The van der Waals surface area contributed by atoms with Gasteiger partial charge in [0.15, 0.2) is 0 Å². The molecule has 158 valence electrons. The van der Waals surface area contributed by atoms with Crippen LogP contribution in [-0.2, 0) is 4.79 Å². The zero-order chi connectivity index (χ0) is 22.2. The number of nitro groups is 1. The third-order valence-corrected chi connectivity index (χ3v) is 5.50. The van der Waals surface area contributed by atoms with Gasteiger partial charge in [-0.1, -0.05) is 42.5 Å². The summed E-state index contributed by atoms with van der Waals surface area (Å²) >= 11 is 0. The van der Waals surface area contributed by atoms with Gasteiger partial charge in [-0.05, 0) is 36.8 Å². The van der Waals surface area contributed by atoms with Crippen molar-refractivity contribution in [1.29, 1.82) is 0 Å². The molecule has 0 bridgehead atoms. The first kappa shape index (κ1) is 19.5. The highest BCUT2D eigenvalue weighted by Crippen LogP contribution is 2.40. The maximum absolute atomic E-state index is 13.5. The van der Waals surface area contributed by atoms with Crippen LogP contribution in [-0.4, -0.2) is 20.4 Å². The number of anilines is 2. The number of hydrogen-bond acceptors (Lipinski definition) is 5. The Bertz CT molecular complexity index is 1390. The topological polar surface area (TPSA) is 102 Å². The first-order valence-electron chi connectivity index (χ1n) is 10.1. The number of carbonyl (C=O) groups excluding carboxylic acids is 1. The van der Waals surface area contributed by atoms with Gasteiger partial charge in [-0.15, -0.1) is 0 Å². The second kappa shape index (κ2) is 7.66. The normalized spacial score (nSPS) is 15.2. The zero-order valence-electron chi connectivity index (χ0n) is 17.1. The fraction of sp³-hybridized carbons (Fsp3) is 0.0833. The van der Waals surface area contributed by atoms with E-state index in [0.29, 0.717) is 28.5 Å². The number of nitrogens with one attached hydrogen (secondary N) is 2. The summed E-state index contributed by atoms with van der Waals surface area (Å²) in [4.78, 5) is 29.2. The molecule has 1 aliphatic heterocycles. The molecule has 0 saturated carbocycles. The maximum Gasteiger partial charge on any atom is 0.269 e. The van der Waals surface area contributed by atoms with Crippen LogP contribution in [0.5, 0.6) is 0 Å². The lowest BCUT2D eigenvalue weighted by Crippen LogP contribution is -2.31. The van der Waals surface area contributed by atoms with Crippen molar-refractivity contribution in [2.45, 2.75) is 13.0 Å². The van der Waals surface area contributed by atoms with Crippen molar-refractivity contribution in [1.82, 2.24) is 9.55 Å². The minimum atomic E-state index is -0.595. The van der Waals surface area contributed by atoms with Gasteiger partial charge >= 0.3 is 0 Å². The molecule has 1 aliphatic rings. The number of aromatic nitrogens is 2. The summed E-state index contributed by atoms with van der Waals surface area (Å²) in [5.41, 5.74) is 3.95. The van der Waals surface area contributed by atoms with Gasteiger partial charge < -0.3 is 10.6 Å². The van der Waals surface area contributed by atoms with E-state index in [-0.39, 0.29) is 11.6 Å². The number of hydrogen-bond donors (Lipinski definition) is 2. The lowest BCUT2D eigenvalue weighted by molar-refractivity contribution is -0.384. The molecule has 1 unspecified atom stereocenters. The van der Waals surface area contributed by atoms with Gasteiger partial charge in [-0.3, -0.25) is 19.5 Å². The molecular weight excluding hydrogens is 406 g/mol. The molecule has 0 spiro atoms. The average Bonchev–Trinajstić information content (AvgIpc) is 3.16. The summed E-state index contributed by atoms with van der Waals surface area (Å²) in [6.45, 7) is 1.81. The summed E-state index contributed by atoms with van der Waals surface area (Å²) in [5, 5.41) is 17.6. The average molecular weight is 425 g/mol. The summed E-state index contributed by atoms with van der Waals surface area (Å²) in [6, 6.07) is 22.6. The van der Waals surface area contributed by atoms with E-state index >= 15 is 0 Å². The SMILES string of the molecule is CC1=C(C(=O)Nc2ccccc2)C(c2cccc([N+](=O)[O-])c2)n2c(nc3ccccc32)N1. The number of fused-ring (bicyclic) bond motifs is 3. The predicted molar refractivity (Wildman–Crippen MR) is 122 cm³/mol. The van der Waals surface area contributed by atoms with E-state index in [4.69, 9.17) is 0 Å². The molecule has 0 fully saturated rings. The Labute approximate surface area is 183 Å². The molecule has 8 nitrogen and oxygen atoms in total. The number of carbonyl (C=O) groups is 1. The number of non-ortho nitro benzene ring substituents is 1. The lowest BCUT2D eigenvalue weighted by Gasteiger charge is -2.30. The highest BCUT2D eigenvalue weighted by atomic mass is 16.6. The Balaban J connectivity index is 1.70. The van der Waals surface area contributed by atoms with Crippen LogP contribution in [0.4, 0.5) is 17.3 Å². The second-order valence-electron chi connectivity index (χ2n) is 7.53. The van der Waals surface area contributed by atoms with Gasteiger partial charge in [0.05, 0.1) is 27.6 Å². The molecule has 1 aromatic heterocycles. The van der Waals surface area contributed by atoms with Gasteiger partial charge in [-0.2, -0.15) is 0 Å². The number of amides is 1. The molecule has 0 aliphatic carbocycles. The molecule has 1 amide bonds. The Kier molecular flexibility index (Phi) is 4.67. The zero-order valence-corrected chi connectivity index (χ0v) is 17.1. The van der Waals surface area contributed by atoms with E-state index in [1.54, 1.807) is 12.1 Å². The van der Waals surface area contributed by atoms with E-state index in [0.717, 1.165) is 11.0 Å². The third kappa shape index (κ3) is 3.27. The quantitative estimate of drug-likeness (QED) is 0.359. The largest absolute Gasteiger partial charge is 0.329 e. The van der Waals surface area contributed by atoms with Crippen molar-refractivity contribution < 1.29 is 9.72 Å². The fourth-order valence-electron chi connectivity index (χ4n) is 4.10. The number of imidazole rings is 1. The van der Waals surface area contributed by atoms with Gasteiger partial charge in [0, 0.05) is 23.5 Å². The Hall–Kier alpha value is -4.46. The van der Waals surface area contributed by atoms with E-state index in [9.17, 15) is 14.9 Å². The van der Waals surface area contributed by atoms with Crippen molar-refractivity contribution in [3.05, 3.63) is 106 Å². The van der Waals surface area contributed by atoms with Crippen molar-refractivity contribution in [2.24, 2.45) is 0 Å². The molecule has 0 radical (unpaired) electrons. The Morgan fingerprint density at radius 1 is 1.06 bits per heavy atom. The first-order valence-corrected chi connectivity index (χ1v) is 10.1. The minimum Gasteiger partial charge on any atom is -0.329 e. The van der Waals surface area contributed by atoms with Crippen LogP contribution in [0, 0.1) is 10.1 Å². The second-order valence-corrected chi connectivity index (χ2v) is 7.53. The fourth-order valence-corrected chi connectivity index (χ4v) is 4.10. The predicted octanol–water partition coefficient (Wildman–Crippen LogP) is 4.87. The molecule has 1 atom stereocenters. The van der Waals surface area contributed by atoms with Gasteiger partial charge in [0.25, 0.3) is 11.6 Å². The standard InChI is InChI=1S/C24H19N5O3/c1-15-21(23(30)26-17-9-3-2-4-10-17)22(16-8-7-11-18(14-16)29(31)32)28-20-13-6-5-12-19(20)27-24(28)25-15/h2-14,22H,1H3,(H,25,27)(H,26,30). The number of nitrogens with zero attached hydrogens (tertiary/aromatic N) is 3. The molecule has 5 rings (SSSR count). The van der Waals surface area contributed by atoms with Crippen LogP contribution < -0.4 is 10.6 Å². The molecular formula is C24H19N5O3. The third-order valence-electron chi connectivity index (χ3n) is 5.50. The number of benzene rings is 3. The number of nitro benzene ring substituents is 1. The maximum atomic E-state index is 13.5. The monoisotopic (exact) mass is 425 g/mol. The molecule has 2 heterocycles. The molecule has 4 aromatic rings. The van der Waals surface area contributed by atoms with Crippen LogP contribution in [0.25, 0.3) is 11.0 Å². The van der Waals surface area contributed by atoms with Crippen molar-refractivity contribution in [2.75, 3.05) is 10.6 Å². The van der Waals surface area contributed by atoms with Crippen LogP contribution >= 0.6 is 0 Å². The summed E-state index contributed by atoms with van der Waals surface area (Å²) in [5.74, 6) is 0.289. The van der Waals surface area contributed by atoms with Crippen molar-refractivity contribution in [3.63, 3.8) is 0 Å². The smallest absolute Gasteiger partial charge is 0.269 e. The number of allylic oxidation sites excluding steroid dienone is 1. The molecule has 32 heavy (non-hydrogen) atoms. The Morgan fingerprint density at radius 3 is 2.59 bits per heavy atom. The van der Waals surface area contributed by atoms with Crippen LogP contribution in [0.3, 0.4) is 0 Å². The van der Waals surface area contributed by atoms with E-state index in [1.807, 2.05) is 66.1 Å². The highest BCUT2D eigenvalue weighted by Gasteiger charge is 2.34. The van der Waals surface area contributed by atoms with Gasteiger partial charge in [0.1, 0.15) is 0 Å². The van der Waals surface area contributed by atoms with Crippen molar-refractivity contribution in [3.8, 4) is 0 Å². The van der Waals surface area contributed by atoms with Crippen LogP contribution in [0.2, 0.25) is 0 Å². The summed E-state index contributed by atoms with van der Waals surface area (Å²) < 4.78 is 1.92. The van der Waals surface area contributed by atoms with Crippen molar-refractivity contribution >= 4 is 34.3 Å². The van der Waals surface area contributed by atoms with Crippen LogP contribution in [0.15, 0.2) is 90.1 Å². The first-order chi connectivity index (χ1) is 15.5. The molecule has 2 N–H and O–H groups in total. The molecule has 8 heteroatoms. The number of para-hydroxylation sites is 3. The van der Waals surface area contributed by atoms with E-state index in [1.165, 1.54) is 12.1 Å². The molecule has 0 saturated heterocycles. The van der Waals surface area contributed by atoms with E-state index in [2.05, 4.69) is 15.6 Å². The highest BCUT2D eigenvalue weighted by molar-refractivity contribution is 6.06. The Morgan fingerprint density at radius 2 is 1.81 bits per heavy atom. The summed E-state index contributed by atoms with van der Waals surface area (Å²) in [6.07, 6.45) is 0. The summed E-state index contributed by atoms with van der Waals surface area (Å²) in [7, 11) is 0. The van der Waals surface area contributed by atoms with Gasteiger partial charge in [0.2, 0.25) is 5.95 Å². The van der Waals surface area contributed by atoms with Gasteiger partial charge in [-0.25, -0.2) is 4.98 Å². The van der Waals surface area contributed by atoms with Crippen LogP contribution in [0.1, 0.15) is 18.5 Å². The number of rotatable bonds is 4. The minimum absolute atomic E-state index is 0.0347. The lowest BCUT2D eigenvalue weighted by atomic mass is 9.94. The molecule has 3 aromatic carbocycles.